The number of anilines is 1. The molecule has 3 nitrogen and oxygen atoms in total. The largest absolute Gasteiger partial charge is 0.350 e. The molecule has 0 fully saturated rings. The van der Waals surface area contributed by atoms with E-state index in [1.165, 1.54) is 5.56 Å². The van der Waals surface area contributed by atoms with E-state index < -0.39 is 0 Å². The van der Waals surface area contributed by atoms with E-state index >= 15 is 0 Å². The topological polar surface area (TPSA) is 29.0 Å². The van der Waals surface area contributed by atoms with Gasteiger partial charge in [-0.05, 0) is 26.3 Å². The molecule has 0 aliphatic heterocycles. The van der Waals surface area contributed by atoms with Crippen molar-refractivity contribution in [3.8, 4) is 0 Å². The zero-order chi connectivity index (χ0) is 13.8. The highest BCUT2D eigenvalue weighted by molar-refractivity contribution is 6.29. The third kappa shape index (κ3) is 3.67. The van der Waals surface area contributed by atoms with Gasteiger partial charge in [-0.2, -0.15) is 0 Å². The molecule has 1 aromatic carbocycles. The number of hydrogen-bond acceptors (Lipinski definition) is 3. The third-order valence-corrected chi connectivity index (χ3v) is 3.10. The molecule has 19 heavy (non-hydrogen) atoms. The molecule has 2 aromatic rings. The first-order valence-corrected chi connectivity index (χ1v) is 6.76. The summed E-state index contributed by atoms with van der Waals surface area (Å²) in [6, 6.07) is 12.5. The summed E-state index contributed by atoms with van der Waals surface area (Å²) in [5.41, 5.74) is 1.25. The van der Waals surface area contributed by atoms with Crippen LogP contribution in [-0.2, 0) is 6.54 Å². The Labute approximate surface area is 119 Å². The van der Waals surface area contributed by atoms with Crippen LogP contribution in [0.1, 0.15) is 25.2 Å². The van der Waals surface area contributed by atoms with Gasteiger partial charge in [0.1, 0.15) is 16.8 Å². The van der Waals surface area contributed by atoms with E-state index in [2.05, 4.69) is 40.8 Å². The summed E-state index contributed by atoms with van der Waals surface area (Å²) >= 11 is 6.02. The molecule has 0 amide bonds. The highest BCUT2D eigenvalue weighted by atomic mass is 35.5. The monoisotopic (exact) mass is 275 g/mol. The summed E-state index contributed by atoms with van der Waals surface area (Å²) in [4.78, 5) is 10.8. The third-order valence-electron chi connectivity index (χ3n) is 2.91. The van der Waals surface area contributed by atoms with E-state index in [0.717, 1.165) is 12.4 Å². The van der Waals surface area contributed by atoms with Crippen LogP contribution in [0.4, 0.5) is 5.82 Å². The van der Waals surface area contributed by atoms with Crippen molar-refractivity contribution in [2.45, 2.75) is 33.4 Å². The predicted octanol–water partition coefficient (Wildman–Crippen LogP) is 3.85. The average Bonchev–Trinajstić information content (AvgIpc) is 2.35. The molecule has 0 unspecified atom stereocenters. The van der Waals surface area contributed by atoms with Gasteiger partial charge in [0.2, 0.25) is 0 Å². The van der Waals surface area contributed by atoms with Gasteiger partial charge in [0.25, 0.3) is 0 Å². The maximum absolute atomic E-state index is 6.02. The lowest BCUT2D eigenvalue weighted by molar-refractivity contribution is 0.669. The first-order chi connectivity index (χ1) is 9.06. The van der Waals surface area contributed by atoms with E-state index in [0.29, 0.717) is 17.0 Å². The number of rotatable bonds is 4. The van der Waals surface area contributed by atoms with Crippen molar-refractivity contribution < 1.29 is 0 Å². The highest BCUT2D eigenvalue weighted by Gasteiger charge is 2.14. The van der Waals surface area contributed by atoms with Gasteiger partial charge in [0.15, 0.2) is 0 Å². The fraction of sp³-hybridized carbons (Fsp3) is 0.333. The second-order valence-corrected chi connectivity index (χ2v) is 5.19. The zero-order valence-electron chi connectivity index (χ0n) is 11.5. The maximum Gasteiger partial charge on any atom is 0.134 e. The van der Waals surface area contributed by atoms with Crippen LogP contribution >= 0.6 is 11.6 Å². The average molecular weight is 276 g/mol. The summed E-state index contributed by atoms with van der Waals surface area (Å²) in [6.07, 6.45) is 0. The first kappa shape index (κ1) is 13.8. The van der Waals surface area contributed by atoms with Crippen LogP contribution in [0.25, 0.3) is 0 Å². The Kier molecular flexibility index (Phi) is 4.38. The van der Waals surface area contributed by atoms with E-state index in [9.17, 15) is 0 Å². The Balaban J connectivity index is 2.30. The normalized spacial score (nSPS) is 10.8. The molecule has 0 aliphatic rings. The number of aryl methyl sites for hydroxylation is 1. The summed E-state index contributed by atoms with van der Waals surface area (Å²) < 4.78 is 0. The number of nitrogens with zero attached hydrogens (tertiary/aromatic N) is 3. The number of benzene rings is 1. The molecular formula is C15H18ClN3. The molecule has 0 spiro atoms. The van der Waals surface area contributed by atoms with Crippen LogP contribution in [-0.4, -0.2) is 16.0 Å². The summed E-state index contributed by atoms with van der Waals surface area (Å²) in [6.45, 7) is 6.96. The molecule has 0 bridgehead atoms. The lowest BCUT2D eigenvalue weighted by atomic mass is 10.2. The Morgan fingerprint density at radius 1 is 1.16 bits per heavy atom. The molecule has 4 heteroatoms. The van der Waals surface area contributed by atoms with Crippen molar-refractivity contribution >= 4 is 17.4 Å². The molecule has 1 aromatic heterocycles. The molecule has 100 valence electrons. The molecule has 0 N–H and O–H groups in total. The van der Waals surface area contributed by atoms with Gasteiger partial charge < -0.3 is 4.90 Å². The molecular weight excluding hydrogens is 258 g/mol. The fourth-order valence-electron chi connectivity index (χ4n) is 1.97. The fourth-order valence-corrected chi connectivity index (χ4v) is 2.19. The number of halogens is 1. The van der Waals surface area contributed by atoms with Crippen LogP contribution in [0.2, 0.25) is 5.15 Å². The Morgan fingerprint density at radius 2 is 1.84 bits per heavy atom. The molecule has 0 saturated carbocycles. The second-order valence-electron chi connectivity index (χ2n) is 4.80. The molecule has 0 saturated heterocycles. The smallest absolute Gasteiger partial charge is 0.134 e. The van der Waals surface area contributed by atoms with Crippen molar-refractivity contribution in [2.75, 3.05) is 4.90 Å². The van der Waals surface area contributed by atoms with Gasteiger partial charge in [-0.1, -0.05) is 41.9 Å². The number of hydrogen-bond donors (Lipinski definition) is 0. The standard InChI is InChI=1S/C15H18ClN3/c1-11(2)19(10-13-7-5-4-6-8-13)15-9-14(16)17-12(3)18-15/h4-9,11H,10H2,1-3H3. The van der Waals surface area contributed by atoms with Crippen LogP contribution < -0.4 is 4.90 Å². The molecule has 1 heterocycles. The van der Waals surface area contributed by atoms with Crippen LogP contribution in [0.3, 0.4) is 0 Å². The van der Waals surface area contributed by atoms with Crippen molar-refractivity contribution in [3.05, 3.63) is 52.9 Å². The Hall–Kier alpha value is -1.61. The van der Waals surface area contributed by atoms with Crippen LogP contribution in [0.5, 0.6) is 0 Å². The number of aromatic nitrogens is 2. The van der Waals surface area contributed by atoms with Gasteiger partial charge in [-0.3, -0.25) is 0 Å². The van der Waals surface area contributed by atoms with E-state index in [1.54, 1.807) is 0 Å². The maximum atomic E-state index is 6.02. The van der Waals surface area contributed by atoms with Crippen LogP contribution in [0, 0.1) is 6.92 Å². The highest BCUT2D eigenvalue weighted by Crippen LogP contribution is 2.20. The molecule has 0 radical (unpaired) electrons. The van der Waals surface area contributed by atoms with Crippen molar-refractivity contribution in [2.24, 2.45) is 0 Å². The lowest BCUT2D eigenvalue weighted by Gasteiger charge is -2.28. The quantitative estimate of drug-likeness (QED) is 0.794. The minimum absolute atomic E-state index is 0.338. The molecule has 0 atom stereocenters. The summed E-state index contributed by atoms with van der Waals surface area (Å²) in [5, 5.41) is 0.487. The van der Waals surface area contributed by atoms with Gasteiger partial charge in [-0.15, -0.1) is 0 Å². The second kappa shape index (κ2) is 6.02. The summed E-state index contributed by atoms with van der Waals surface area (Å²) in [7, 11) is 0. The van der Waals surface area contributed by atoms with Crippen molar-refractivity contribution in [3.63, 3.8) is 0 Å². The van der Waals surface area contributed by atoms with E-state index in [4.69, 9.17) is 11.6 Å². The van der Waals surface area contributed by atoms with Gasteiger partial charge >= 0.3 is 0 Å². The van der Waals surface area contributed by atoms with Gasteiger partial charge in [0, 0.05) is 18.7 Å². The van der Waals surface area contributed by atoms with Crippen LogP contribution in [0.15, 0.2) is 36.4 Å². The minimum atomic E-state index is 0.338. The lowest BCUT2D eigenvalue weighted by Crippen LogP contribution is -2.31. The zero-order valence-corrected chi connectivity index (χ0v) is 12.2. The molecule has 0 aliphatic carbocycles. The first-order valence-electron chi connectivity index (χ1n) is 6.38. The van der Waals surface area contributed by atoms with Gasteiger partial charge in [0.05, 0.1) is 0 Å². The summed E-state index contributed by atoms with van der Waals surface area (Å²) in [5.74, 6) is 1.57. The van der Waals surface area contributed by atoms with Crippen molar-refractivity contribution in [1.82, 2.24) is 9.97 Å². The SMILES string of the molecule is Cc1nc(Cl)cc(N(Cc2ccccc2)C(C)C)n1. The van der Waals surface area contributed by atoms with Gasteiger partial charge in [-0.25, -0.2) is 9.97 Å². The van der Waals surface area contributed by atoms with Crippen molar-refractivity contribution in [1.29, 1.82) is 0 Å². The van der Waals surface area contributed by atoms with E-state index in [1.807, 2.05) is 31.2 Å². The predicted molar refractivity (Wildman–Crippen MR) is 79.5 cm³/mol. The molecule has 2 rings (SSSR count). The minimum Gasteiger partial charge on any atom is -0.350 e. The van der Waals surface area contributed by atoms with E-state index in [-0.39, 0.29) is 0 Å². The Morgan fingerprint density at radius 3 is 2.42 bits per heavy atom. The Bertz CT molecular complexity index is 520.